The summed E-state index contributed by atoms with van der Waals surface area (Å²) >= 11 is 1.70. The van der Waals surface area contributed by atoms with E-state index in [9.17, 15) is 5.11 Å². The lowest BCUT2D eigenvalue weighted by Crippen LogP contribution is -2.07. The number of nitrogens with zero attached hydrogens (tertiary/aromatic N) is 1. The Balaban J connectivity index is 1.82. The van der Waals surface area contributed by atoms with E-state index in [1.807, 2.05) is 30.5 Å². The highest BCUT2D eigenvalue weighted by Crippen LogP contribution is 2.27. The van der Waals surface area contributed by atoms with Crippen LogP contribution in [0.5, 0.6) is 5.75 Å². The number of methoxy groups -OCH3 is 1. The fraction of sp³-hybridized carbons (Fsp3) is 0.235. The van der Waals surface area contributed by atoms with E-state index in [-0.39, 0.29) is 12.6 Å². The van der Waals surface area contributed by atoms with Gasteiger partial charge in [-0.05, 0) is 48.2 Å². The van der Waals surface area contributed by atoms with Crippen molar-refractivity contribution in [3.8, 4) is 5.75 Å². The molecule has 0 saturated heterocycles. The molecule has 0 radical (unpaired) electrons. The smallest absolute Gasteiger partial charge is 0.124 e. The zero-order valence-electron chi connectivity index (χ0n) is 12.5. The maximum absolute atomic E-state index is 9.40. The first-order valence-corrected chi connectivity index (χ1v) is 7.96. The van der Waals surface area contributed by atoms with E-state index >= 15 is 0 Å². The van der Waals surface area contributed by atoms with Crippen molar-refractivity contribution in [1.82, 2.24) is 4.98 Å². The van der Waals surface area contributed by atoms with Crippen LogP contribution in [0.15, 0.2) is 41.9 Å². The van der Waals surface area contributed by atoms with Gasteiger partial charge in [-0.1, -0.05) is 0 Å². The Kier molecular flexibility index (Phi) is 4.27. The SMILES string of the molecule is COc1ccc(NC(C)c2cnc3ccsc3c2)cc1CO. The summed E-state index contributed by atoms with van der Waals surface area (Å²) < 4.78 is 6.42. The maximum Gasteiger partial charge on any atom is 0.124 e. The van der Waals surface area contributed by atoms with Gasteiger partial charge in [0.15, 0.2) is 0 Å². The van der Waals surface area contributed by atoms with Crippen LogP contribution in [0.25, 0.3) is 10.2 Å². The first kappa shape index (κ1) is 14.8. The number of fused-ring (bicyclic) bond motifs is 1. The number of hydrogen-bond acceptors (Lipinski definition) is 5. The van der Waals surface area contributed by atoms with Gasteiger partial charge >= 0.3 is 0 Å². The molecule has 0 fully saturated rings. The molecule has 5 heteroatoms. The summed E-state index contributed by atoms with van der Waals surface area (Å²) in [6, 6.07) is 10.0. The van der Waals surface area contributed by atoms with E-state index < -0.39 is 0 Å². The van der Waals surface area contributed by atoms with Gasteiger partial charge in [0.2, 0.25) is 0 Å². The summed E-state index contributed by atoms with van der Waals surface area (Å²) in [5.74, 6) is 0.697. The van der Waals surface area contributed by atoms with Crippen LogP contribution in [0.4, 0.5) is 5.69 Å². The van der Waals surface area contributed by atoms with Crippen molar-refractivity contribution in [2.75, 3.05) is 12.4 Å². The van der Waals surface area contributed by atoms with Crippen LogP contribution in [-0.4, -0.2) is 17.2 Å². The molecule has 0 amide bonds. The third-order valence-electron chi connectivity index (χ3n) is 3.66. The second-order valence-corrected chi connectivity index (χ2v) is 6.07. The van der Waals surface area contributed by atoms with Crippen molar-refractivity contribution in [3.63, 3.8) is 0 Å². The largest absolute Gasteiger partial charge is 0.496 e. The van der Waals surface area contributed by atoms with Gasteiger partial charge in [-0.3, -0.25) is 4.98 Å². The number of hydrogen-bond donors (Lipinski definition) is 2. The topological polar surface area (TPSA) is 54.4 Å². The Labute approximate surface area is 133 Å². The number of thiophene rings is 1. The highest BCUT2D eigenvalue weighted by Gasteiger charge is 2.09. The number of benzene rings is 1. The first-order chi connectivity index (χ1) is 10.7. The molecule has 0 spiro atoms. The van der Waals surface area contributed by atoms with Gasteiger partial charge in [0.1, 0.15) is 5.75 Å². The van der Waals surface area contributed by atoms with Gasteiger partial charge in [-0.2, -0.15) is 0 Å². The van der Waals surface area contributed by atoms with E-state index in [0.717, 1.165) is 22.3 Å². The predicted molar refractivity (Wildman–Crippen MR) is 90.6 cm³/mol. The van der Waals surface area contributed by atoms with E-state index in [1.165, 1.54) is 4.70 Å². The van der Waals surface area contributed by atoms with Crippen molar-refractivity contribution in [1.29, 1.82) is 0 Å². The van der Waals surface area contributed by atoms with E-state index in [4.69, 9.17) is 4.74 Å². The molecule has 2 aromatic heterocycles. The van der Waals surface area contributed by atoms with Gasteiger partial charge in [0, 0.05) is 17.4 Å². The normalized spacial score (nSPS) is 12.3. The Morgan fingerprint density at radius 3 is 2.95 bits per heavy atom. The number of aromatic nitrogens is 1. The summed E-state index contributed by atoms with van der Waals surface area (Å²) in [7, 11) is 1.60. The summed E-state index contributed by atoms with van der Waals surface area (Å²) in [6.45, 7) is 2.05. The van der Waals surface area contributed by atoms with E-state index in [0.29, 0.717) is 5.75 Å². The van der Waals surface area contributed by atoms with Crippen LogP contribution < -0.4 is 10.1 Å². The Hall–Kier alpha value is -2.11. The summed E-state index contributed by atoms with van der Waals surface area (Å²) in [5.41, 5.74) is 3.89. The standard InChI is InChI=1S/C17H18N2O2S/c1-11(12-8-17-15(18-9-12)5-6-22-17)19-14-3-4-16(21-2)13(7-14)10-20/h3-9,11,19-20H,10H2,1-2H3. The molecule has 0 aliphatic rings. The average Bonchev–Trinajstić information content (AvgIpc) is 3.02. The Morgan fingerprint density at radius 2 is 2.18 bits per heavy atom. The number of pyridine rings is 1. The summed E-state index contributed by atoms with van der Waals surface area (Å²) in [5, 5.41) is 14.9. The van der Waals surface area contributed by atoms with Crippen molar-refractivity contribution in [2.24, 2.45) is 0 Å². The van der Waals surface area contributed by atoms with Crippen LogP contribution in [0.2, 0.25) is 0 Å². The minimum absolute atomic E-state index is 0.0458. The number of rotatable bonds is 5. The molecule has 3 rings (SSSR count). The molecular formula is C17H18N2O2S. The quantitative estimate of drug-likeness (QED) is 0.748. The molecule has 2 N–H and O–H groups in total. The highest BCUT2D eigenvalue weighted by molar-refractivity contribution is 7.17. The van der Waals surface area contributed by atoms with Crippen molar-refractivity contribution >= 4 is 27.2 Å². The second kappa shape index (κ2) is 6.34. The van der Waals surface area contributed by atoms with Gasteiger partial charge in [-0.25, -0.2) is 0 Å². The molecule has 22 heavy (non-hydrogen) atoms. The molecule has 114 valence electrons. The number of aliphatic hydroxyl groups excluding tert-OH is 1. The summed E-state index contributed by atoms with van der Waals surface area (Å²) in [4.78, 5) is 4.48. The van der Waals surface area contributed by atoms with Crippen LogP contribution in [0.3, 0.4) is 0 Å². The number of nitrogens with one attached hydrogen (secondary N) is 1. The molecule has 1 atom stereocenters. The predicted octanol–water partition coefficient (Wildman–Crippen LogP) is 3.97. The Morgan fingerprint density at radius 1 is 1.32 bits per heavy atom. The highest BCUT2D eigenvalue weighted by atomic mass is 32.1. The van der Waals surface area contributed by atoms with E-state index in [2.05, 4.69) is 28.7 Å². The zero-order chi connectivity index (χ0) is 15.5. The molecule has 1 aromatic carbocycles. The molecule has 0 aliphatic heterocycles. The van der Waals surface area contributed by atoms with Crippen LogP contribution in [0, 0.1) is 0 Å². The minimum Gasteiger partial charge on any atom is -0.496 e. The molecule has 2 heterocycles. The first-order valence-electron chi connectivity index (χ1n) is 7.08. The lowest BCUT2D eigenvalue weighted by Gasteiger charge is -2.17. The molecule has 0 aliphatic carbocycles. The molecule has 0 saturated carbocycles. The second-order valence-electron chi connectivity index (χ2n) is 5.12. The molecule has 1 unspecified atom stereocenters. The van der Waals surface area contributed by atoms with Crippen LogP contribution >= 0.6 is 11.3 Å². The monoisotopic (exact) mass is 314 g/mol. The molecule has 3 aromatic rings. The molecular weight excluding hydrogens is 296 g/mol. The van der Waals surface area contributed by atoms with Gasteiger partial charge in [-0.15, -0.1) is 11.3 Å². The van der Waals surface area contributed by atoms with Crippen LogP contribution in [-0.2, 0) is 6.61 Å². The third kappa shape index (κ3) is 2.91. The molecule has 0 bridgehead atoms. The molecule has 4 nitrogen and oxygen atoms in total. The third-order valence-corrected chi connectivity index (χ3v) is 4.51. The minimum atomic E-state index is -0.0458. The lowest BCUT2D eigenvalue weighted by atomic mass is 10.1. The fourth-order valence-electron chi connectivity index (χ4n) is 2.42. The number of ether oxygens (including phenoxy) is 1. The zero-order valence-corrected chi connectivity index (χ0v) is 13.4. The van der Waals surface area contributed by atoms with Crippen LogP contribution in [0.1, 0.15) is 24.1 Å². The lowest BCUT2D eigenvalue weighted by molar-refractivity contribution is 0.274. The van der Waals surface area contributed by atoms with E-state index in [1.54, 1.807) is 18.4 Å². The number of aliphatic hydroxyl groups is 1. The maximum atomic E-state index is 9.40. The fourth-order valence-corrected chi connectivity index (χ4v) is 3.21. The van der Waals surface area contributed by atoms with Gasteiger partial charge in [0.05, 0.1) is 30.0 Å². The van der Waals surface area contributed by atoms with Crippen molar-refractivity contribution < 1.29 is 9.84 Å². The van der Waals surface area contributed by atoms with Crippen molar-refractivity contribution in [2.45, 2.75) is 19.6 Å². The van der Waals surface area contributed by atoms with Crippen molar-refractivity contribution in [3.05, 3.63) is 53.0 Å². The Bertz CT molecular complexity index is 785. The van der Waals surface area contributed by atoms with Gasteiger partial charge in [0.25, 0.3) is 0 Å². The summed E-state index contributed by atoms with van der Waals surface area (Å²) in [6.07, 6.45) is 1.91. The number of anilines is 1. The average molecular weight is 314 g/mol. The van der Waals surface area contributed by atoms with Gasteiger partial charge < -0.3 is 15.2 Å².